The minimum absolute atomic E-state index is 0.0514. The van der Waals surface area contributed by atoms with Crippen molar-refractivity contribution in [2.75, 3.05) is 0 Å². The number of carbonyl (C=O) groups is 1. The molecule has 80 valence electrons. The van der Waals surface area contributed by atoms with E-state index in [0.29, 0.717) is 17.1 Å². The second-order valence-electron chi connectivity index (χ2n) is 3.45. The molecule has 0 spiro atoms. The van der Waals surface area contributed by atoms with E-state index in [4.69, 9.17) is 11.6 Å². The number of carbonyl (C=O) groups excluding carboxylic acids is 1. The molecule has 16 heavy (non-hydrogen) atoms. The smallest absolute Gasteiger partial charge is 0.167 e. The molecule has 1 aromatic heterocycles. The van der Waals surface area contributed by atoms with Crippen LogP contribution in [-0.4, -0.2) is 10.8 Å². The highest BCUT2D eigenvalue weighted by molar-refractivity contribution is 6.29. The summed E-state index contributed by atoms with van der Waals surface area (Å²) >= 11 is 5.73. The molecule has 1 heterocycles. The highest BCUT2D eigenvalue weighted by Gasteiger charge is 2.07. The summed E-state index contributed by atoms with van der Waals surface area (Å²) in [6.45, 7) is 0. The van der Waals surface area contributed by atoms with Crippen LogP contribution in [0.3, 0.4) is 0 Å². The maximum absolute atomic E-state index is 11.9. The number of aromatic nitrogens is 1. The lowest BCUT2D eigenvalue weighted by Crippen LogP contribution is -2.03. The van der Waals surface area contributed by atoms with Gasteiger partial charge >= 0.3 is 0 Å². The van der Waals surface area contributed by atoms with Gasteiger partial charge in [-0.1, -0.05) is 41.9 Å². The zero-order chi connectivity index (χ0) is 11.4. The van der Waals surface area contributed by atoms with E-state index in [2.05, 4.69) is 4.98 Å². The first-order valence-electron chi connectivity index (χ1n) is 4.94. The predicted molar refractivity (Wildman–Crippen MR) is 63.7 cm³/mol. The third kappa shape index (κ3) is 2.67. The first kappa shape index (κ1) is 10.8. The molecule has 0 aliphatic heterocycles. The van der Waals surface area contributed by atoms with E-state index in [1.807, 2.05) is 30.3 Å². The number of pyridine rings is 1. The Labute approximate surface area is 98.9 Å². The van der Waals surface area contributed by atoms with Crippen LogP contribution in [0.4, 0.5) is 0 Å². The molecular formula is C13H10ClNO. The third-order valence-corrected chi connectivity index (χ3v) is 2.46. The minimum atomic E-state index is 0.0514. The number of benzene rings is 1. The van der Waals surface area contributed by atoms with Crippen molar-refractivity contribution >= 4 is 17.4 Å². The van der Waals surface area contributed by atoms with Gasteiger partial charge in [0.05, 0.1) is 0 Å². The Morgan fingerprint density at radius 1 is 1.19 bits per heavy atom. The molecule has 2 rings (SSSR count). The van der Waals surface area contributed by atoms with Crippen LogP contribution in [0.25, 0.3) is 0 Å². The SMILES string of the molecule is O=C(Cc1ccccc1)c1ccnc(Cl)c1. The summed E-state index contributed by atoms with van der Waals surface area (Å²) in [6.07, 6.45) is 1.93. The Kier molecular flexibility index (Phi) is 3.32. The van der Waals surface area contributed by atoms with E-state index < -0.39 is 0 Å². The summed E-state index contributed by atoms with van der Waals surface area (Å²) < 4.78 is 0. The molecule has 0 fully saturated rings. The number of hydrogen-bond acceptors (Lipinski definition) is 2. The van der Waals surface area contributed by atoms with Crippen LogP contribution in [0.5, 0.6) is 0 Å². The maximum Gasteiger partial charge on any atom is 0.167 e. The fourth-order valence-electron chi connectivity index (χ4n) is 1.46. The summed E-state index contributed by atoms with van der Waals surface area (Å²) in [6, 6.07) is 12.9. The molecule has 0 bridgehead atoms. The molecule has 0 saturated heterocycles. The standard InChI is InChI=1S/C13H10ClNO/c14-13-9-11(6-7-15-13)12(16)8-10-4-2-1-3-5-10/h1-7,9H,8H2. The van der Waals surface area contributed by atoms with Gasteiger partial charge in [0.15, 0.2) is 5.78 Å². The Morgan fingerprint density at radius 3 is 2.62 bits per heavy atom. The van der Waals surface area contributed by atoms with E-state index in [0.717, 1.165) is 5.56 Å². The third-order valence-electron chi connectivity index (χ3n) is 2.26. The molecule has 0 aliphatic rings. The maximum atomic E-state index is 11.9. The molecule has 0 radical (unpaired) electrons. The minimum Gasteiger partial charge on any atom is -0.294 e. The van der Waals surface area contributed by atoms with Crippen molar-refractivity contribution in [3.63, 3.8) is 0 Å². The van der Waals surface area contributed by atoms with Gasteiger partial charge < -0.3 is 0 Å². The summed E-state index contributed by atoms with van der Waals surface area (Å²) in [4.78, 5) is 15.7. The molecule has 0 N–H and O–H groups in total. The van der Waals surface area contributed by atoms with Crippen molar-refractivity contribution in [1.82, 2.24) is 4.98 Å². The number of ketones is 1. The van der Waals surface area contributed by atoms with E-state index in [1.54, 1.807) is 18.3 Å². The predicted octanol–water partition coefficient (Wildman–Crippen LogP) is 3.16. The van der Waals surface area contributed by atoms with Gasteiger partial charge in [-0.25, -0.2) is 4.98 Å². The number of Topliss-reactive ketones (excluding diaryl/α,β-unsaturated/α-hetero) is 1. The number of nitrogens with zero attached hydrogens (tertiary/aromatic N) is 1. The van der Waals surface area contributed by atoms with Gasteiger partial charge in [-0.05, 0) is 17.7 Å². The molecule has 2 nitrogen and oxygen atoms in total. The van der Waals surface area contributed by atoms with Crippen molar-refractivity contribution < 1.29 is 4.79 Å². The van der Waals surface area contributed by atoms with Gasteiger partial charge in [0.2, 0.25) is 0 Å². The molecular weight excluding hydrogens is 222 g/mol. The quantitative estimate of drug-likeness (QED) is 0.600. The molecule has 0 aliphatic carbocycles. The summed E-state index contributed by atoms with van der Waals surface area (Å²) in [5.74, 6) is 0.0514. The van der Waals surface area contributed by atoms with Crippen LogP contribution in [0.1, 0.15) is 15.9 Å². The average molecular weight is 232 g/mol. The van der Waals surface area contributed by atoms with E-state index in [9.17, 15) is 4.79 Å². The van der Waals surface area contributed by atoms with Crippen LogP contribution in [0, 0.1) is 0 Å². The van der Waals surface area contributed by atoms with Crippen LogP contribution in [0.15, 0.2) is 48.7 Å². The summed E-state index contributed by atoms with van der Waals surface area (Å²) in [7, 11) is 0. The van der Waals surface area contributed by atoms with Crippen molar-refractivity contribution in [2.45, 2.75) is 6.42 Å². The lowest BCUT2D eigenvalue weighted by molar-refractivity contribution is 0.0993. The van der Waals surface area contributed by atoms with E-state index in [-0.39, 0.29) is 5.78 Å². The van der Waals surface area contributed by atoms with E-state index in [1.165, 1.54) is 0 Å². The highest BCUT2D eigenvalue weighted by atomic mass is 35.5. The molecule has 0 amide bonds. The van der Waals surface area contributed by atoms with Crippen LogP contribution >= 0.6 is 11.6 Å². The Hall–Kier alpha value is -1.67. The number of rotatable bonds is 3. The van der Waals surface area contributed by atoms with E-state index >= 15 is 0 Å². The average Bonchev–Trinajstić information content (AvgIpc) is 2.30. The molecule has 1 aromatic carbocycles. The topological polar surface area (TPSA) is 30.0 Å². The number of halogens is 1. The van der Waals surface area contributed by atoms with Gasteiger partial charge in [-0.15, -0.1) is 0 Å². The fourth-order valence-corrected chi connectivity index (χ4v) is 1.63. The molecule has 2 aromatic rings. The van der Waals surface area contributed by atoms with Gasteiger partial charge in [0.25, 0.3) is 0 Å². The normalized spacial score (nSPS) is 10.1. The highest BCUT2D eigenvalue weighted by Crippen LogP contribution is 2.10. The van der Waals surface area contributed by atoms with Gasteiger partial charge in [-0.2, -0.15) is 0 Å². The van der Waals surface area contributed by atoms with Crippen LogP contribution in [0.2, 0.25) is 5.15 Å². The first-order valence-corrected chi connectivity index (χ1v) is 5.32. The van der Waals surface area contributed by atoms with Crippen LogP contribution < -0.4 is 0 Å². The second-order valence-corrected chi connectivity index (χ2v) is 3.84. The molecule has 0 unspecified atom stereocenters. The Balaban J connectivity index is 2.15. The van der Waals surface area contributed by atoms with Gasteiger partial charge in [0.1, 0.15) is 5.15 Å². The monoisotopic (exact) mass is 231 g/mol. The first-order chi connectivity index (χ1) is 7.75. The van der Waals surface area contributed by atoms with Crippen LogP contribution in [-0.2, 0) is 6.42 Å². The lowest BCUT2D eigenvalue weighted by Gasteiger charge is -2.01. The second kappa shape index (κ2) is 4.90. The summed E-state index contributed by atoms with van der Waals surface area (Å²) in [5.41, 5.74) is 1.60. The number of hydrogen-bond donors (Lipinski definition) is 0. The zero-order valence-electron chi connectivity index (χ0n) is 8.56. The molecule has 0 atom stereocenters. The largest absolute Gasteiger partial charge is 0.294 e. The van der Waals surface area contributed by atoms with Crippen molar-refractivity contribution in [1.29, 1.82) is 0 Å². The Morgan fingerprint density at radius 2 is 1.94 bits per heavy atom. The lowest BCUT2D eigenvalue weighted by atomic mass is 10.0. The fraction of sp³-hybridized carbons (Fsp3) is 0.0769. The molecule has 3 heteroatoms. The van der Waals surface area contributed by atoms with Crippen molar-refractivity contribution in [3.05, 3.63) is 64.9 Å². The van der Waals surface area contributed by atoms with Gasteiger partial charge in [0, 0.05) is 18.2 Å². The summed E-state index contributed by atoms with van der Waals surface area (Å²) in [5, 5.41) is 0.346. The van der Waals surface area contributed by atoms with Crippen molar-refractivity contribution in [2.24, 2.45) is 0 Å². The van der Waals surface area contributed by atoms with Gasteiger partial charge in [-0.3, -0.25) is 4.79 Å². The van der Waals surface area contributed by atoms with Crippen molar-refractivity contribution in [3.8, 4) is 0 Å². The molecule has 0 saturated carbocycles. The Bertz CT molecular complexity index is 496. The zero-order valence-corrected chi connectivity index (χ0v) is 9.32.